The second-order valence-electron chi connectivity index (χ2n) is 4.43. The lowest BCUT2D eigenvalue weighted by Crippen LogP contribution is -2.27. The zero-order chi connectivity index (χ0) is 11.0. The minimum absolute atomic E-state index is 0.480. The van der Waals surface area contributed by atoms with E-state index in [4.69, 9.17) is 16.3 Å². The van der Waals surface area contributed by atoms with Gasteiger partial charge in [0.05, 0.1) is 6.04 Å². The van der Waals surface area contributed by atoms with E-state index in [1.807, 2.05) is 0 Å². The van der Waals surface area contributed by atoms with Crippen LogP contribution in [0.3, 0.4) is 0 Å². The van der Waals surface area contributed by atoms with Crippen molar-refractivity contribution in [2.24, 2.45) is 0 Å². The zero-order valence-electron chi connectivity index (χ0n) is 9.21. The Bertz CT molecular complexity index is 385. The molecule has 0 spiro atoms. The molecule has 0 atom stereocenters. The molecule has 0 radical (unpaired) electrons. The molecule has 4 nitrogen and oxygen atoms in total. The van der Waals surface area contributed by atoms with E-state index in [0.717, 1.165) is 45.6 Å². The van der Waals surface area contributed by atoms with Gasteiger partial charge in [0, 0.05) is 44.0 Å². The van der Waals surface area contributed by atoms with Crippen molar-refractivity contribution in [2.75, 3.05) is 19.8 Å². The minimum Gasteiger partial charge on any atom is -0.381 e. The molecular weight excluding hydrogens is 226 g/mol. The molecule has 1 fully saturated rings. The van der Waals surface area contributed by atoms with E-state index in [-0.39, 0.29) is 0 Å². The van der Waals surface area contributed by atoms with Gasteiger partial charge in [-0.3, -0.25) is 4.68 Å². The van der Waals surface area contributed by atoms with Crippen LogP contribution in [0.5, 0.6) is 0 Å². The molecule has 1 aromatic rings. The maximum absolute atomic E-state index is 6.18. The molecule has 3 heterocycles. The van der Waals surface area contributed by atoms with Gasteiger partial charge in [-0.25, -0.2) is 0 Å². The Morgan fingerprint density at radius 2 is 2.19 bits per heavy atom. The van der Waals surface area contributed by atoms with Crippen molar-refractivity contribution >= 4 is 11.6 Å². The van der Waals surface area contributed by atoms with Crippen molar-refractivity contribution in [3.05, 3.63) is 16.4 Å². The van der Waals surface area contributed by atoms with Crippen LogP contribution in [0.2, 0.25) is 5.15 Å². The van der Waals surface area contributed by atoms with Gasteiger partial charge < -0.3 is 10.1 Å². The monoisotopic (exact) mass is 241 g/mol. The maximum Gasteiger partial charge on any atom is 0.155 e. The predicted molar refractivity (Wildman–Crippen MR) is 61.7 cm³/mol. The average Bonchev–Trinajstić information content (AvgIpc) is 2.69. The molecule has 0 aromatic carbocycles. The Labute approximate surface area is 99.9 Å². The third-order valence-electron chi connectivity index (χ3n) is 3.45. The summed E-state index contributed by atoms with van der Waals surface area (Å²) >= 11 is 6.18. The Hall–Kier alpha value is -0.580. The number of aromatic nitrogens is 2. The van der Waals surface area contributed by atoms with Gasteiger partial charge in [-0.1, -0.05) is 11.6 Å². The van der Waals surface area contributed by atoms with Crippen LogP contribution in [0.1, 0.15) is 30.1 Å². The van der Waals surface area contributed by atoms with Crippen LogP contribution in [0, 0.1) is 0 Å². The van der Waals surface area contributed by atoms with Crippen LogP contribution in [0.15, 0.2) is 0 Å². The third kappa shape index (κ3) is 1.75. The SMILES string of the molecule is Clc1nn(C2CCOCC2)c2c1CNCC2. The molecule has 0 amide bonds. The Kier molecular flexibility index (Phi) is 2.88. The van der Waals surface area contributed by atoms with E-state index in [1.54, 1.807) is 0 Å². The number of ether oxygens (including phenoxy) is 1. The first kappa shape index (κ1) is 10.6. The average molecular weight is 242 g/mol. The maximum atomic E-state index is 6.18. The Balaban J connectivity index is 1.93. The van der Waals surface area contributed by atoms with E-state index in [9.17, 15) is 0 Å². The van der Waals surface area contributed by atoms with Crippen LogP contribution in [-0.2, 0) is 17.7 Å². The summed E-state index contributed by atoms with van der Waals surface area (Å²) < 4.78 is 7.54. The molecule has 3 rings (SSSR count). The summed E-state index contributed by atoms with van der Waals surface area (Å²) in [6.07, 6.45) is 3.14. The lowest BCUT2D eigenvalue weighted by atomic mass is 10.1. The van der Waals surface area contributed by atoms with Crippen LogP contribution >= 0.6 is 11.6 Å². The minimum atomic E-state index is 0.480. The quantitative estimate of drug-likeness (QED) is 0.811. The van der Waals surface area contributed by atoms with E-state index in [0.29, 0.717) is 11.2 Å². The van der Waals surface area contributed by atoms with Gasteiger partial charge >= 0.3 is 0 Å². The van der Waals surface area contributed by atoms with E-state index in [1.165, 1.54) is 11.3 Å². The van der Waals surface area contributed by atoms with Crippen molar-refractivity contribution < 1.29 is 4.74 Å². The summed E-state index contributed by atoms with van der Waals surface area (Å²) in [4.78, 5) is 0. The van der Waals surface area contributed by atoms with Crippen molar-refractivity contribution in [1.82, 2.24) is 15.1 Å². The first-order valence-corrected chi connectivity index (χ1v) is 6.28. The van der Waals surface area contributed by atoms with Gasteiger partial charge in [0.2, 0.25) is 0 Å². The number of nitrogens with one attached hydrogen (secondary N) is 1. The van der Waals surface area contributed by atoms with E-state index >= 15 is 0 Å². The van der Waals surface area contributed by atoms with Gasteiger partial charge in [-0.2, -0.15) is 5.10 Å². The largest absolute Gasteiger partial charge is 0.381 e. The summed E-state index contributed by atoms with van der Waals surface area (Å²) in [6.45, 7) is 3.57. The standard InChI is InChI=1S/C11H16ClN3O/c12-11-9-7-13-4-1-10(9)15(14-11)8-2-5-16-6-3-8/h8,13H,1-7H2. The molecule has 1 saturated heterocycles. The summed E-state index contributed by atoms with van der Waals surface area (Å²) in [6, 6.07) is 0.480. The summed E-state index contributed by atoms with van der Waals surface area (Å²) in [7, 11) is 0. The molecule has 2 aliphatic heterocycles. The molecular formula is C11H16ClN3O. The lowest BCUT2D eigenvalue weighted by molar-refractivity contribution is 0.0653. The number of hydrogen-bond donors (Lipinski definition) is 1. The highest BCUT2D eigenvalue weighted by Crippen LogP contribution is 2.29. The number of rotatable bonds is 1. The smallest absolute Gasteiger partial charge is 0.155 e. The first-order valence-electron chi connectivity index (χ1n) is 5.90. The molecule has 1 aromatic heterocycles. The second kappa shape index (κ2) is 4.35. The number of nitrogens with zero attached hydrogens (tertiary/aromatic N) is 2. The van der Waals surface area contributed by atoms with E-state index < -0.39 is 0 Å². The molecule has 1 N–H and O–H groups in total. The number of halogens is 1. The van der Waals surface area contributed by atoms with Gasteiger partial charge in [0.1, 0.15) is 0 Å². The fourth-order valence-electron chi connectivity index (χ4n) is 2.56. The van der Waals surface area contributed by atoms with E-state index in [2.05, 4.69) is 15.1 Å². The summed E-state index contributed by atoms with van der Waals surface area (Å²) in [5, 5.41) is 8.51. The molecule has 5 heteroatoms. The zero-order valence-corrected chi connectivity index (χ0v) is 9.96. The normalized spacial score (nSPS) is 22.1. The van der Waals surface area contributed by atoms with Crippen LogP contribution in [-0.4, -0.2) is 29.5 Å². The van der Waals surface area contributed by atoms with Crippen molar-refractivity contribution in [1.29, 1.82) is 0 Å². The fraction of sp³-hybridized carbons (Fsp3) is 0.727. The molecule has 0 aliphatic carbocycles. The van der Waals surface area contributed by atoms with Gasteiger partial charge in [0.15, 0.2) is 5.15 Å². The molecule has 0 saturated carbocycles. The highest BCUT2D eigenvalue weighted by molar-refractivity contribution is 6.30. The second-order valence-corrected chi connectivity index (χ2v) is 4.79. The van der Waals surface area contributed by atoms with Crippen molar-refractivity contribution in [3.8, 4) is 0 Å². The van der Waals surface area contributed by atoms with Gasteiger partial charge in [-0.05, 0) is 12.8 Å². The summed E-state index contributed by atoms with van der Waals surface area (Å²) in [5.41, 5.74) is 2.52. The molecule has 88 valence electrons. The predicted octanol–water partition coefficient (Wildman–Crippen LogP) is 1.53. The lowest BCUT2D eigenvalue weighted by Gasteiger charge is -2.25. The number of fused-ring (bicyclic) bond motifs is 1. The third-order valence-corrected chi connectivity index (χ3v) is 3.75. The topological polar surface area (TPSA) is 39.1 Å². The van der Waals surface area contributed by atoms with Gasteiger partial charge in [-0.15, -0.1) is 0 Å². The molecule has 0 bridgehead atoms. The first-order chi connectivity index (χ1) is 7.86. The fourth-order valence-corrected chi connectivity index (χ4v) is 2.82. The molecule has 2 aliphatic rings. The van der Waals surface area contributed by atoms with Crippen LogP contribution < -0.4 is 5.32 Å². The van der Waals surface area contributed by atoms with Crippen molar-refractivity contribution in [3.63, 3.8) is 0 Å². The van der Waals surface area contributed by atoms with Crippen LogP contribution in [0.4, 0.5) is 0 Å². The Morgan fingerprint density at radius 3 is 3.00 bits per heavy atom. The van der Waals surface area contributed by atoms with Crippen molar-refractivity contribution in [2.45, 2.75) is 31.8 Å². The van der Waals surface area contributed by atoms with Gasteiger partial charge in [0.25, 0.3) is 0 Å². The molecule has 0 unspecified atom stereocenters. The highest BCUT2D eigenvalue weighted by Gasteiger charge is 2.25. The highest BCUT2D eigenvalue weighted by atomic mass is 35.5. The summed E-state index contributed by atoms with van der Waals surface area (Å²) in [5.74, 6) is 0. The number of hydrogen-bond acceptors (Lipinski definition) is 3. The Morgan fingerprint density at radius 1 is 1.38 bits per heavy atom. The molecule has 16 heavy (non-hydrogen) atoms. The van der Waals surface area contributed by atoms with Crippen LogP contribution in [0.25, 0.3) is 0 Å².